The maximum absolute atomic E-state index is 12.5. The predicted octanol–water partition coefficient (Wildman–Crippen LogP) is 3.07. The summed E-state index contributed by atoms with van der Waals surface area (Å²) in [7, 11) is 0. The third-order valence-electron chi connectivity index (χ3n) is 4.27. The fourth-order valence-corrected chi connectivity index (χ4v) is 3.44. The zero-order chi connectivity index (χ0) is 14.4. The van der Waals surface area contributed by atoms with Crippen LogP contribution in [0.5, 0.6) is 0 Å². The van der Waals surface area contributed by atoms with Crippen molar-refractivity contribution in [3.8, 4) is 0 Å². The summed E-state index contributed by atoms with van der Waals surface area (Å²) >= 11 is 0. The number of H-pyrrole nitrogens is 1. The van der Waals surface area contributed by atoms with Gasteiger partial charge in [0.25, 0.3) is 0 Å². The molecule has 0 unspecified atom stereocenters. The minimum Gasteiger partial charge on any atom is -0.356 e. The molecule has 1 amide bonds. The standard InChI is InChI=1S/C16H27N3O/c1-13(2)12-16(7-3-4-8-16)15(20)19-9-5-6-14-17-10-11-18-14/h10-11,13H,3-9,12H2,1-2H3,(H,17,18)(H,19,20). The molecule has 4 nitrogen and oxygen atoms in total. The Hall–Kier alpha value is -1.32. The summed E-state index contributed by atoms with van der Waals surface area (Å²) in [6, 6.07) is 0. The van der Waals surface area contributed by atoms with Gasteiger partial charge in [-0.3, -0.25) is 4.79 Å². The first-order valence-corrected chi connectivity index (χ1v) is 7.89. The van der Waals surface area contributed by atoms with Crippen LogP contribution < -0.4 is 5.32 Å². The summed E-state index contributed by atoms with van der Waals surface area (Å²) < 4.78 is 0. The van der Waals surface area contributed by atoms with Crippen LogP contribution in [0, 0.1) is 11.3 Å². The minimum atomic E-state index is -0.0845. The number of hydrogen-bond acceptors (Lipinski definition) is 2. The Labute approximate surface area is 121 Å². The van der Waals surface area contributed by atoms with E-state index in [1.165, 1.54) is 12.8 Å². The second-order valence-corrected chi connectivity index (χ2v) is 6.48. The lowest BCUT2D eigenvalue weighted by molar-refractivity contribution is -0.131. The first kappa shape index (κ1) is 15.1. The predicted molar refractivity (Wildman–Crippen MR) is 80.3 cm³/mol. The number of rotatable bonds is 7. The largest absolute Gasteiger partial charge is 0.356 e. The van der Waals surface area contributed by atoms with Gasteiger partial charge in [-0.25, -0.2) is 4.98 Å². The second kappa shape index (κ2) is 6.91. The summed E-state index contributed by atoms with van der Waals surface area (Å²) in [5, 5.41) is 3.15. The summed E-state index contributed by atoms with van der Waals surface area (Å²) in [5.41, 5.74) is -0.0845. The fourth-order valence-electron chi connectivity index (χ4n) is 3.44. The van der Waals surface area contributed by atoms with Gasteiger partial charge in [0.05, 0.1) is 0 Å². The lowest BCUT2D eigenvalue weighted by Gasteiger charge is -2.29. The van der Waals surface area contributed by atoms with Crippen molar-refractivity contribution in [3.05, 3.63) is 18.2 Å². The molecule has 1 aromatic rings. The molecular formula is C16H27N3O. The van der Waals surface area contributed by atoms with Crippen LogP contribution >= 0.6 is 0 Å². The van der Waals surface area contributed by atoms with E-state index in [1.54, 1.807) is 6.20 Å². The lowest BCUT2D eigenvalue weighted by atomic mass is 9.77. The summed E-state index contributed by atoms with van der Waals surface area (Å²) in [4.78, 5) is 19.8. The number of carbonyl (C=O) groups is 1. The molecule has 4 heteroatoms. The van der Waals surface area contributed by atoms with Crippen LogP contribution in [0.3, 0.4) is 0 Å². The van der Waals surface area contributed by atoms with Crippen molar-refractivity contribution in [1.82, 2.24) is 15.3 Å². The topological polar surface area (TPSA) is 57.8 Å². The number of carbonyl (C=O) groups excluding carboxylic acids is 1. The van der Waals surface area contributed by atoms with Crippen molar-refractivity contribution in [3.63, 3.8) is 0 Å². The summed E-state index contributed by atoms with van der Waals surface area (Å²) in [6.07, 6.45) is 11.0. The minimum absolute atomic E-state index is 0.0845. The second-order valence-electron chi connectivity index (χ2n) is 6.48. The van der Waals surface area contributed by atoms with Gasteiger partial charge < -0.3 is 10.3 Å². The van der Waals surface area contributed by atoms with Gasteiger partial charge in [0.15, 0.2) is 0 Å². The molecule has 0 saturated heterocycles. The molecule has 1 heterocycles. The van der Waals surface area contributed by atoms with Gasteiger partial charge in [0.1, 0.15) is 5.82 Å². The molecular weight excluding hydrogens is 250 g/mol. The highest BCUT2D eigenvalue weighted by Gasteiger charge is 2.40. The van der Waals surface area contributed by atoms with Crippen LogP contribution in [0.1, 0.15) is 58.2 Å². The van der Waals surface area contributed by atoms with E-state index in [9.17, 15) is 4.79 Å². The van der Waals surface area contributed by atoms with Gasteiger partial charge in [0.2, 0.25) is 5.91 Å². The van der Waals surface area contributed by atoms with Crippen LogP contribution in [0.2, 0.25) is 0 Å². The van der Waals surface area contributed by atoms with Crippen LogP contribution in [0.4, 0.5) is 0 Å². The SMILES string of the molecule is CC(C)CC1(C(=O)NCCCc2ncc[nH]2)CCCC1. The smallest absolute Gasteiger partial charge is 0.226 e. The quantitative estimate of drug-likeness (QED) is 0.753. The van der Waals surface area contributed by atoms with Gasteiger partial charge in [-0.2, -0.15) is 0 Å². The van der Waals surface area contributed by atoms with E-state index in [-0.39, 0.29) is 11.3 Å². The fraction of sp³-hybridized carbons (Fsp3) is 0.750. The molecule has 20 heavy (non-hydrogen) atoms. The van der Waals surface area contributed by atoms with Gasteiger partial charge in [-0.05, 0) is 31.6 Å². The van der Waals surface area contributed by atoms with E-state index in [1.807, 2.05) is 6.20 Å². The highest BCUT2D eigenvalue weighted by molar-refractivity contribution is 5.82. The molecule has 1 saturated carbocycles. The van der Waals surface area contributed by atoms with Crippen molar-refractivity contribution >= 4 is 5.91 Å². The van der Waals surface area contributed by atoms with Crippen LogP contribution in [-0.2, 0) is 11.2 Å². The number of aromatic amines is 1. The van der Waals surface area contributed by atoms with Gasteiger partial charge in [0, 0.05) is 30.8 Å². The monoisotopic (exact) mass is 277 g/mol. The average molecular weight is 277 g/mol. The van der Waals surface area contributed by atoms with Gasteiger partial charge in [-0.1, -0.05) is 26.7 Å². The van der Waals surface area contributed by atoms with E-state index in [0.29, 0.717) is 5.92 Å². The van der Waals surface area contributed by atoms with Crippen molar-refractivity contribution < 1.29 is 4.79 Å². The van der Waals surface area contributed by atoms with E-state index < -0.39 is 0 Å². The first-order valence-electron chi connectivity index (χ1n) is 7.89. The Morgan fingerprint density at radius 3 is 2.80 bits per heavy atom. The van der Waals surface area contributed by atoms with Gasteiger partial charge in [-0.15, -0.1) is 0 Å². The third-order valence-corrected chi connectivity index (χ3v) is 4.27. The zero-order valence-electron chi connectivity index (χ0n) is 12.7. The van der Waals surface area contributed by atoms with E-state index >= 15 is 0 Å². The summed E-state index contributed by atoms with van der Waals surface area (Å²) in [5.74, 6) is 1.86. The molecule has 2 rings (SSSR count). The van der Waals surface area contributed by atoms with Crippen LogP contribution in [0.25, 0.3) is 0 Å². The molecule has 1 aromatic heterocycles. The molecule has 0 bridgehead atoms. The maximum Gasteiger partial charge on any atom is 0.226 e. The van der Waals surface area contributed by atoms with Crippen molar-refractivity contribution in [2.24, 2.45) is 11.3 Å². The number of aromatic nitrogens is 2. The van der Waals surface area contributed by atoms with E-state index in [2.05, 4.69) is 29.1 Å². The first-order chi connectivity index (χ1) is 9.62. The average Bonchev–Trinajstić information content (AvgIpc) is 3.05. The normalized spacial score (nSPS) is 17.6. The highest BCUT2D eigenvalue weighted by Crippen LogP contribution is 2.43. The van der Waals surface area contributed by atoms with E-state index in [0.717, 1.165) is 44.5 Å². The molecule has 112 valence electrons. The Morgan fingerprint density at radius 2 is 2.20 bits per heavy atom. The van der Waals surface area contributed by atoms with Gasteiger partial charge >= 0.3 is 0 Å². The summed E-state index contributed by atoms with van der Waals surface area (Å²) in [6.45, 7) is 5.17. The Balaban J connectivity index is 1.77. The number of aryl methyl sites for hydroxylation is 1. The molecule has 2 N–H and O–H groups in total. The van der Waals surface area contributed by atoms with Crippen molar-refractivity contribution in [2.45, 2.75) is 58.8 Å². The Morgan fingerprint density at radius 1 is 1.45 bits per heavy atom. The molecule has 1 aliphatic rings. The number of imidazole rings is 1. The lowest BCUT2D eigenvalue weighted by Crippen LogP contribution is -2.40. The molecule has 1 aliphatic carbocycles. The van der Waals surface area contributed by atoms with Crippen LogP contribution in [0.15, 0.2) is 12.4 Å². The van der Waals surface area contributed by atoms with Crippen molar-refractivity contribution in [2.75, 3.05) is 6.54 Å². The number of hydrogen-bond donors (Lipinski definition) is 2. The molecule has 0 aromatic carbocycles. The number of nitrogens with one attached hydrogen (secondary N) is 2. The van der Waals surface area contributed by atoms with Crippen molar-refractivity contribution in [1.29, 1.82) is 0 Å². The zero-order valence-corrected chi connectivity index (χ0v) is 12.7. The Bertz CT molecular complexity index is 405. The molecule has 1 fully saturated rings. The molecule has 0 atom stereocenters. The highest BCUT2D eigenvalue weighted by atomic mass is 16.2. The number of nitrogens with zero attached hydrogens (tertiary/aromatic N) is 1. The number of amides is 1. The Kier molecular flexibility index (Phi) is 5.21. The van der Waals surface area contributed by atoms with E-state index in [4.69, 9.17) is 0 Å². The molecule has 0 radical (unpaired) electrons. The molecule has 0 aliphatic heterocycles. The molecule has 0 spiro atoms. The third kappa shape index (κ3) is 3.84. The van der Waals surface area contributed by atoms with Crippen LogP contribution in [-0.4, -0.2) is 22.4 Å². The maximum atomic E-state index is 12.5.